The van der Waals surface area contributed by atoms with Gasteiger partial charge in [0.05, 0.1) is 0 Å². The van der Waals surface area contributed by atoms with Crippen molar-refractivity contribution in [1.29, 1.82) is 0 Å². The number of hydrogen-bond acceptors (Lipinski definition) is 4. The fourth-order valence-corrected chi connectivity index (χ4v) is 2.51. The summed E-state index contributed by atoms with van der Waals surface area (Å²) in [6.07, 6.45) is 3.89. The standard InChI is InChI=1S/C14H28N2O2.2C6H11NO.U.V/c1-7-12(14(18)16-10(4)5)8-11(6)13(17)15-9(2)3;2*1-4-6(8)7-5(2)3;;/h9-12H,7-8H2,1-6H3,(H,15,17)(H,16,18);2*4-5H,1H2,2-3H3,(H,7,8);;/t11-,12?;;;;/m1..../s1. The molecule has 0 bridgehead atoms. The van der Waals surface area contributed by atoms with Crippen LogP contribution in [0, 0.1) is 42.9 Å². The third-order valence-electron chi connectivity index (χ3n) is 4.04. The van der Waals surface area contributed by atoms with Crippen molar-refractivity contribution >= 4 is 23.6 Å². The zero-order chi connectivity index (χ0) is 27.4. The Morgan fingerprint density at radius 1 is 0.639 bits per heavy atom. The van der Waals surface area contributed by atoms with E-state index in [4.69, 9.17) is 0 Å². The summed E-state index contributed by atoms with van der Waals surface area (Å²) in [5.74, 6) is -0.354. The van der Waals surface area contributed by atoms with Crippen LogP contribution in [0.25, 0.3) is 0 Å². The van der Waals surface area contributed by atoms with Crippen LogP contribution < -0.4 is 21.3 Å². The molecule has 0 aromatic rings. The van der Waals surface area contributed by atoms with Gasteiger partial charge in [-0.1, -0.05) is 27.0 Å². The van der Waals surface area contributed by atoms with Crippen LogP contribution in [0.5, 0.6) is 0 Å². The Labute approximate surface area is 255 Å². The minimum absolute atomic E-state index is 0. The summed E-state index contributed by atoms with van der Waals surface area (Å²) >= 11 is 0. The van der Waals surface area contributed by atoms with Gasteiger partial charge in [-0.15, -0.1) is 0 Å². The molecule has 0 aliphatic heterocycles. The van der Waals surface area contributed by atoms with Gasteiger partial charge in [0, 0.05) is 85.7 Å². The average molecular weight is 772 g/mol. The molecule has 0 spiro atoms. The molecule has 36 heavy (non-hydrogen) atoms. The van der Waals surface area contributed by atoms with Gasteiger partial charge in [-0.2, -0.15) is 0 Å². The molecule has 0 aromatic carbocycles. The largest absolute Gasteiger partial charge is 0.354 e. The van der Waals surface area contributed by atoms with E-state index in [2.05, 4.69) is 34.4 Å². The zero-order valence-corrected chi connectivity index (χ0v) is 29.6. The number of hydrogen-bond donors (Lipinski definition) is 4. The molecule has 0 aliphatic carbocycles. The van der Waals surface area contributed by atoms with Crippen molar-refractivity contribution < 1.29 is 68.8 Å². The minimum atomic E-state index is -0.129. The second-order valence-corrected chi connectivity index (χ2v) is 9.30. The van der Waals surface area contributed by atoms with Gasteiger partial charge in [-0.05, 0) is 80.4 Å². The number of rotatable bonds is 11. The van der Waals surface area contributed by atoms with Crippen molar-refractivity contribution in [3.63, 3.8) is 0 Å². The Kier molecular flexibility index (Phi) is 33.8. The van der Waals surface area contributed by atoms with E-state index in [1.54, 1.807) is 0 Å². The van der Waals surface area contributed by atoms with Crippen LogP contribution in [0.4, 0.5) is 0 Å². The summed E-state index contributed by atoms with van der Waals surface area (Å²) in [5.41, 5.74) is 0. The molecule has 0 heterocycles. The van der Waals surface area contributed by atoms with Gasteiger partial charge in [-0.25, -0.2) is 0 Å². The van der Waals surface area contributed by atoms with Crippen molar-refractivity contribution in [2.45, 2.75) is 106 Å². The molecule has 4 amide bonds. The molecule has 8 nitrogen and oxygen atoms in total. The van der Waals surface area contributed by atoms with Crippen LogP contribution in [0.3, 0.4) is 0 Å². The minimum Gasteiger partial charge on any atom is -0.354 e. The Bertz CT molecular complexity index is 615. The topological polar surface area (TPSA) is 116 Å². The quantitative estimate of drug-likeness (QED) is 0.241. The predicted molar refractivity (Wildman–Crippen MR) is 141 cm³/mol. The normalized spacial score (nSPS) is 11.2. The third-order valence-corrected chi connectivity index (χ3v) is 4.04. The molecule has 10 heteroatoms. The molecular weight excluding hydrogens is 721 g/mol. The van der Waals surface area contributed by atoms with Crippen molar-refractivity contribution in [3.05, 3.63) is 25.3 Å². The van der Waals surface area contributed by atoms with E-state index >= 15 is 0 Å². The van der Waals surface area contributed by atoms with Crippen LogP contribution in [0.2, 0.25) is 0 Å². The first-order valence-electron chi connectivity index (χ1n) is 12.1. The fourth-order valence-electron chi connectivity index (χ4n) is 2.51. The van der Waals surface area contributed by atoms with Crippen LogP contribution in [0.1, 0.15) is 82.1 Å². The monoisotopic (exact) mass is 771 g/mol. The van der Waals surface area contributed by atoms with E-state index < -0.39 is 0 Å². The van der Waals surface area contributed by atoms with E-state index in [9.17, 15) is 19.2 Å². The molecule has 0 saturated heterocycles. The average Bonchev–Trinajstić information content (AvgIpc) is 2.70. The number of nitrogens with one attached hydrogen (secondary N) is 4. The van der Waals surface area contributed by atoms with Crippen LogP contribution in [0.15, 0.2) is 25.3 Å². The van der Waals surface area contributed by atoms with Gasteiger partial charge in [-0.3, -0.25) is 19.2 Å². The van der Waals surface area contributed by atoms with Crippen molar-refractivity contribution in [2.24, 2.45) is 11.8 Å². The van der Waals surface area contributed by atoms with Gasteiger partial charge in [0.1, 0.15) is 0 Å². The molecular formula is C26H50N4O4UV. The van der Waals surface area contributed by atoms with Gasteiger partial charge < -0.3 is 21.3 Å². The third kappa shape index (κ3) is 31.0. The number of carbonyl (C=O) groups excluding carboxylic acids is 4. The molecule has 0 rings (SSSR count). The van der Waals surface area contributed by atoms with Gasteiger partial charge in [0.15, 0.2) is 0 Å². The molecule has 1 unspecified atom stereocenters. The molecule has 0 fully saturated rings. The van der Waals surface area contributed by atoms with E-state index in [1.807, 2.05) is 69.2 Å². The maximum atomic E-state index is 11.9. The van der Waals surface area contributed by atoms with Crippen molar-refractivity contribution in [2.75, 3.05) is 0 Å². The molecule has 4 N–H and O–H groups in total. The van der Waals surface area contributed by atoms with E-state index in [0.717, 1.165) is 6.42 Å². The SMILES string of the molecule is C=CC(=O)NC(C)C.C=CC(=O)NC(C)C.CCC(C[C@@H](C)C(=O)NC(C)C)C(=O)NC(C)C.[U].[V]. The maximum Gasteiger partial charge on any atom is 0.243 e. The second kappa shape index (κ2) is 27.0. The first-order valence-corrected chi connectivity index (χ1v) is 12.1. The van der Waals surface area contributed by atoms with Gasteiger partial charge in [0.2, 0.25) is 23.6 Å². The number of amides is 4. The Balaban J connectivity index is -0.000000149. The Morgan fingerprint density at radius 2 is 0.944 bits per heavy atom. The molecule has 0 aromatic heterocycles. The van der Waals surface area contributed by atoms with E-state index in [-0.39, 0.29) is 109 Å². The molecule has 207 valence electrons. The predicted octanol–water partition coefficient (Wildman–Crippen LogP) is 3.48. The fraction of sp³-hybridized carbons (Fsp3) is 0.692. The van der Waals surface area contributed by atoms with Crippen LogP contribution >= 0.6 is 0 Å². The summed E-state index contributed by atoms with van der Waals surface area (Å²) in [6.45, 7) is 25.8. The maximum absolute atomic E-state index is 11.9. The summed E-state index contributed by atoms with van der Waals surface area (Å²) in [5, 5.41) is 11.1. The Morgan fingerprint density at radius 3 is 1.17 bits per heavy atom. The molecule has 1 radical (unpaired) electrons. The summed E-state index contributed by atoms with van der Waals surface area (Å²) < 4.78 is 0. The first kappa shape index (κ1) is 45.0. The Hall–Kier alpha value is -1.00. The van der Waals surface area contributed by atoms with Gasteiger partial charge in [0.25, 0.3) is 0 Å². The van der Waals surface area contributed by atoms with Crippen LogP contribution in [-0.4, -0.2) is 47.8 Å². The molecule has 0 aliphatic rings. The molecule has 0 saturated carbocycles. The number of carbonyl (C=O) groups is 4. The summed E-state index contributed by atoms with van der Waals surface area (Å²) in [4.78, 5) is 44.5. The van der Waals surface area contributed by atoms with E-state index in [1.165, 1.54) is 12.2 Å². The molecule has 2 atom stereocenters. The smallest absolute Gasteiger partial charge is 0.243 e. The van der Waals surface area contributed by atoms with Crippen molar-refractivity contribution in [3.8, 4) is 0 Å². The first-order chi connectivity index (χ1) is 15.6. The van der Waals surface area contributed by atoms with Gasteiger partial charge >= 0.3 is 0 Å². The summed E-state index contributed by atoms with van der Waals surface area (Å²) in [7, 11) is 0. The van der Waals surface area contributed by atoms with E-state index in [0.29, 0.717) is 6.42 Å². The van der Waals surface area contributed by atoms with Crippen molar-refractivity contribution in [1.82, 2.24) is 21.3 Å². The zero-order valence-electron chi connectivity index (χ0n) is 24.0. The second-order valence-electron chi connectivity index (χ2n) is 9.30. The van der Waals surface area contributed by atoms with Crippen LogP contribution in [-0.2, 0) is 37.7 Å². The summed E-state index contributed by atoms with van der Waals surface area (Å²) in [6, 6.07) is 0.705.